The molecule has 0 aromatic heterocycles. The van der Waals surface area contributed by atoms with E-state index in [1.807, 2.05) is 24.1 Å². The molecule has 1 amide bonds. The predicted octanol–water partition coefficient (Wildman–Crippen LogP) is 3.07. The topological polar surface area (TPSA) is 55.8 Å². The minimum Gasteiger partial charge on any atom is -0.508 e. The maximum Gasteiger partial charge on any atom is 0.237 e. The first-order chi connectivity index (χ1) is 14.0. The third kappa shape index (κ3) is 2.95. The van der Waals surface area contributed by atoms with Gasteiger partial charge in [0.1, 0.15) is 5.75 Å². The van der Waals surface area contributed by atoms with E-state index in [9.17, 15) is 9.90 Å². The van der Waals surface area contributed by atoms with Crippen molar-refractivity contribution in [2.24, 2.45) is 0 Å². The highest BCUT2D eigenvalue weighted by Crippen LogP contribution is 2.47. The molecule has 1 spiro atoms. The molecule has 0 bridgehead atoms. The van der Waals surface area contributed by atoms with Crippen LogP contribution in [-0.4, -0.2) is 48.6 Å². The van der Waals surface area contributed by atoms with E-state index in [2.05, 4.69) is 22.3 Å². The lowest BCUT2D eigenvalue weighted by Crippen LogP contribution is -2.52. The largest absolute Gasteiger partial charge is 0.508 e. The molecule has 3 heterocycles. The number of nitrogens with one attached hydrogen (secondary N) is 1. The molecule has 0 radical (unpaired) electrons. The van der Waals surface area contributed by atoms with Crippen molar-refractivity contribution in [1.29, 1.82) is 0 Å². The number of likely N-dealkylation sites (tertiary alicyclic amines) is 1. The van der Waals surface area contributed by atoms with E-state index in [1.54, 1.807) is 12.1 Å². The van der Waals surface area contributed by atoms with Crippen LogP contribution in [0.3, 0.4) is 0 Å². The first-order valence-corrected chi connectivity index (χ1v) is 10.7. The highest BCUT2D eigenvalue weighted by molar-refractivity contribution is 6.31. The molecule has 3 aliphatic heterocycles. The van der Waals surface area contributed by atoms with E-state index >= 15 is 0 Å². The number of hydrogen-bond donors (Lipinski definition) is 2. The van der Waals surface area contributed by atoms with Gasteiger partial charge >= 0.3 is 0 Å². The molecular weight excluding hydrogens is 386 g/mol. The fourth-order valence-electron chi connectivity index (χ4n) is 5.39. The van der Waals surface area contributed by atoms with Crippen LogP contribution in [0.4, 0.5) is 5.69 Å². The molecule has 2 N–H and O–H groups in total. The highest BCUT2D eigenvalue weighted by Gasteiger charge is 2.50. The fraction of sp³-hybridized carbons (Fsp3) is 0.435. The molecule has 2 aromatic rings. The Balaban J connectivity index is 1.28. The first kappa shape index (κ1) is 18.9. The number of halogens is 1. The molecule has 3 aliphatic rings. The summed E-state index contributed by atoms with van der Waals surface area (Å²) in [5.74, 6) is 0.558. The van der Waals surface area contributed by atoms with Gasteiger partial charge in [0, 0.05) is 42.5 Å². The minimum atomic E-state index is -0.358. The van der Waals surface area contributed by atoms with E-state index in [4.69, 9.17) is 11.6 Å². The Labute approximate surface area is 176 Å². The molecule has 0 aliphatic carbocycles. The summed E-state index contributed by atoms with van der Waals surface area (Å²) in [6.45, 7) is 3.38. The molecule has 29 heavy (non-hydrogen) atoms. The standard InChI is InChI=1S/C23H26ClN3O2/c1-26-20-5-3-2-4-18(20)23(22(26)29)8-10-27(11-9-23)14-15-12-16-17(13-25-15)21(28)7-6-19(16)24/h2-7,15,25,28H,8-14H2,1H3. The summed E-state index contributed by atoms with van der Waals surface area (Å²) in [5.41, 5.74) is 3.88. The number of nitrogens with zero attached hydrogens (tertiary/aromatic N) is 2. The average Bonchev–Trinajstić information content (AvgIpc) is 2.95. The second-order valence-electron chi connectivity index (χ2n) is 8.57. The van der Waals surface area contributed by atoms with Crippen LogP contribution < -0.4 is 10.2 Å². The van der Waals surface area contributed by atoms with Gasteiger partial charge in [0.2, 0.25) is 5.91 Å². The number of phenols is 1. The van der Waals surface area contributed by atoms with Crippen LogP contribution in [0.5, 0.6) is 5.75 Å². The maximum atomic E-state index is 13.1. The molecule has 1 fully saturated rings. The lowest BCUT2D eigenvalue weighted by molar-refractivity contribution is -0.124. The fourth-order valence-corrected chi connectivity index (χ4v) is 5.65. The van der Waals surface area contributed by atoms with Crippen LogP contribution >= 0.6 is 11.6 Å². The zero-order valence-corrected chi connectivity index (χ0v) is 17.4. The Kier molecular flexibility index (Phi) is 4.57. The van der Waals surface area contributed by atoms with Crippen molar-refractivity contribution in [3.8, 4) is 5.75 Å². The Bertz CT molecular complexity index is 969. The second kappa shape index (κ2) is 7.01. The van der Waals surface area contributed by atoms with Crippen LogP contribution in [-0.2, 0) is 23.2 Å². The third-order valence-corrected chi connectivity index (χ3v) is 7.40. The van der Waals surface area contributed by atoms with Crippen LogP contribution in [0.15, 0.2) is 36.4 Å². The number of anilines is 1. The number of phenolic OH excluding ortho intramolecular Hbond substituents is 1. The molecule has 6 heteroatoms. The number of amides is 1. The molecule has 1 unspecified atom stereocenters. The van der Waals surface area contributed by atoms with Gasteiger partial charge in [-0.3, -0.25) is 4.79 Å². The van der Waals surface area contributed by atoms with E-state index in [1.165, 1.54) is 5.56 Å². The van der Waals surface area contributed by atoms with Gasteiger partial charge in [-0.2, -0.15) is 0 Å². The Morgan fingerprint density at radius 1 is 1.17 bits per heavy atom. The summed E-state index contributed by atoms with van der Waals surface area (Å²) in [6, 6.07) is 12.0. The second-order valence-corrected chi connectivity index (χ2v) is 8.98. The summed E-state index contributed by atoms with van der Waals surface area (Å²) in [6.07, 6.45) is 2.53. The normalized spacial score (nSPS) is 23.3. The summed E-state index contributed by atoms with van der Waals surface area (Å²) in [7, 11) is 1.89. The van der Waals surface area contributed by atoms with E-state index in [0.717, 1.165) is 60.7 Å². The van der Waals surface area contributed by atoms with Gasteiger partial charge in [-0.05, 0) is 61.7 Å². The predicted molar refractivity (Wildman–Crippen MR) is 115 cm³/mol. The van der Waals surface area contributed by atoms with Crippen LogP contribution in [0.25, 0.3) is 0 Å². The number of carbonyl (C=O) groups is 1. The minimum absolute atomic E-state index is 0.241. The zero-order chi connectivity index (χ0) is 20.2. The summed E-state index contributed by atoms with van der Waals surface area (Å²) < 4.78 is 0. The van der Waals surface area contributed by atoms with Gasteiger partial charge in [0.05, 0.1) is 5.41 Å². The molecule has 2 aromatic carbocycles. The number of para-hydroxylation sites is 1. The summed E-state index contributed by atoms with van der Waals surface area (Å²) in [5, 5.41) is 14.4. The van der Waals surface area contributed by atoms with E-state index in [0.29, 0.717) is 18.3 Å². The van der Waals surface area contributed by atoms with Crippen LogP contribution in [0.2, 0.25) is 5.02 Å². The van der Waals surface area contributed by atoms with Crippen molar-refractivity contribution in [2.75, 3.05) is 31.6 Å². The van der Waals surface area contributed by atoms with Crippen LogP contribution in [0.1, 0.15) is 29.5 Å². The molecule has 152 valence electrons. The quantitative estimate of drug-likeness (QED) is 0.797. The zero-order valence-electron chi connectivity index (χ0n) is 16.6. The van der Waals surface area contributed by atoms with Crippen molar-refractivity contribution >= 4 is 23.2 Å². The van der Waals surface area contributed by atoms with Crippen molar-refractivity contribution < 1.29 is 9.90 Å². The Hall–Kier alpha value is -2.08. The van der Waals surface area contributed by atoms with Crippen molar-refractivity contribution in [1.82, 2.24) is 10.2 Å². The lowest BCUT2D eigenvalue weighted by Gasteiger charge is -2.40. The number of likely N-dealkylation sites (N-methyl/N-ethyl adjacent to an activating group) is 1. The summed E-state index contributed by atoms with van der Waals surface area (Å²) in [4.78, 5) is 17.4. The van der Waals surface area contributed by atoms with Gasteiger partial charge in [-0.1, -0.05) is 29.8 Å². The molecule has 1 atom stereocenters. The maximum absolute atomic E-state index is 13.1. The Morgan fingerprint density at radius 3 is 2.72 bits per heavy atom. The number of piperidine rings is 1. The smallest absolute Gasteiger partial charge is 0.237 e. The van der Waals surface area contributed by atoms with Gasteiger partial charge in [-0.25, -0.2) is 0 Å². The molecule has 5 nitrogen and oxygen atoms in total. The van der Waals surface area contributed by atoms with Gasteiger partial charge in [0.15, 0.2) is 0 Å². The SMILES string of the molecule is CN1C(=O)C2(CCN(CC3Cc4c(Cl)ccc(O)c4CN3)CC2)c2ccccc21. The van der Waals surface area contributed by atoms with Gasteiger partial charge < -0.3 is 20.2 Å². The number of benzene rings is 2. The number of fused-ring (bicyclic) bond motifs is 3. The highest BCUT2D eigenvalue weighted by atomic mass is 35.5. The van der Waals surface area contributed by atoms with E-state index < -0.39 is 0 Å². The summed E-state index contributed by atoms with van der Waals surface area (Å²) >= 11 is 6.39. The molecule has 5 rings (SSSR count). The van der Waals surface area contributed by atoms with Crippen LogP contribution in [0, 0.1) is 0 Å². The number of rotatable bonds is 2. The van der Waals surface area contributed by atoms with Crippen molar-refractivity contribution in [3.05, 3.63) is 58.1 Å². The average molecular weight is 412 g/mol. The van der Waals surface area contributed by atoms with E-state index in [-0.39, 0.29) is 11.3 Å². The number of carbonyl (C=O) groups excluding carboxylic acids is 1. The molecular formula is C23H26ClN3O2. The van der Waals surface area contributed by atoms with Gasteiger partial charge in [-0.15, -0.1) is 0 Å². The molecule has 0 saturated carbocycles. The van der Waals surface area contributed by atoms with Crippen molar-refractivity contribution in [2.45, 2.75) is 37.3 Å². The monoisotopic (exact) mass is 411 g/mol. The molecule has 1 saturated heterocycles. The first-order valence-electron chi connectivity index (χ1n) is 10.3. The Morgan fingerprint density at radius 2 is 1.93 bits per heavy atom. The third-order valence-electron chi connectivity index (χ3n) is 7.05. The lowest BCUT2D eigenvalue weighted by atomic mass is 9.73. The van der Waals surface area contributed by atoms with Gasteiger partial charge in [0.25, 0.3) is 0 Å². The number of hydrogen-bond acceptors (Lipinski definition) is 4. The number of aromatic hydroxyl groups is 1. The van der Waals surface area contributed by atoms with Crippen molar-refractivity contribution in [3.63, 3.8) is 0 Å².